The molecule has 1 N–H and O–H groups in total. The van der Waals surface area contributed by atoms with Crippen LogP contribution < -0.4 is 5.32 Å². The van der Waals surface area contributed by atoms with Crippen molar-refractivity contribution in [2.24, 2.45) is 5.41 Å². The van der Waals surface area contributed by atoms with E-state index < -0.39 is 0 Å². The Morgan fingerprint density at radius 3 is 2.63 bits per heavy atom. The van der Waals surface area contributed by atoms with E-state index in [1.165, 1.54) is 25.7 Å². The van der Waals surface area contributed by atoms with Crippen LogP contribution in [-0.2, 0) is 0 Å². The molecule has 19 heavy (non-hydrogen) atoms. The maximum absolute atomic E-state index is 8.76. The molecule has 4 heteroatoms. The van der Waals surface area contributed by atoms with Gasteiger partial charge in [0, 0.05) is 24.7 Å². The van der Waals surface area contributed by atoms with Gasteiger partial charge in [-0.15, -0.1) is 0 Å². The van der Waals surface area contributed by atoms with E-state index in [2.05, 4.69) is 35.4 Å². The van der Waals surface area contributed by atoms with E-state index in [1.54, 1.807) is 6.20 Å². The number of hydrogen-bond acceptors (Lipinski definition) is 4. The van der Waals surface area contributed by atoms with E-state index in [1.807, 2.05) is 12.1 Å². The number of anilines is 1. The first-order chi connectivity index (χ1) is 9.13. The van der Waals surface area contributed by atoms with E-state index in [9.17, 15) is 0 Å². The van der Waals surface area contributed by atoms with Crippen molar-refractivity contribution in [3.8, 4) is 6.07 Å². The van der Waals surface area contributed by atoms with Crippen LogP contribution in [0.15, 0.2) is 18.3 Å². The van der Waals surface area contributed by atoms with Crippen molar-refractivity contribution in [3.63, 3.8) is 0 Å². The molecule has 0 spiro atoms. The van der Waals surface area contributed by atoms with Crippen LogP contribution >= 0.6 is 0 Å². The highest BCUT2D eigenvalue weighted by Gasteiger charge is 2.34. The van der Waals surface area contributed by atoms with Crippen LogP contribution in [-0.4, -0.2) is 37.1 Å². The standard InChI is InChI=1S/C15H22N4/c1-19(2)12-15(7-3-4-8-15)11-18-14-6-5-13(9-16)10-17-14/h5-6,10H,3-4,7-8,11-12H2,1-2H3,(H,17,18). The van der Waals surface area contributed by atoms with Crippen LogP contribution in [0.4, 0.5) is 5.82 Å². The Labute approximate surface area is 115 Å². The summed E-state index contributed by atoms with van der Waals surface area (Å²) in [5, 5.41) is 12.2. The lowest BCUT2D eigenvalue weighted by atomic mass is 9.85. The maximum atomic E-state index is 8.76. The van der Waals surface area contributed by atoms with Gasteiger partial charge in [0.25, 0.3) is 0 Å². The molecule has 0 bridgehead atoms. The number of rotatable bonds is 5. The van der Waals surface area contributed by atoms with Crippen LogP contribution in [0, 0.1) is 16.7 Å². The number of nitrogens with one attached hydrogen (secondary N) is 1. The molecule has 0 saturated heterocycles. The Morgan fingerprint density at radius 2 is 2.11 bits per heavy atom. The van der Waals surface area contributed by atoms with E-state index in [4.69, 9.17) is 5.26 Å². The molecule has 0 aromatic carbocycles. The Hall–Kier alpha value is -1.60. The fraction of sp³-hybridized carbons (Fsp3) is 0.600. The van der Waals surface area contributed by atoms with E-state index >= 15 is 0 Å². The normalized spacial score (nSPS) is 17.4. The second-order valence-corrected chi connectivity index (χ2v) is 5.84. The number of nitriles is 1. The third kappa shape index (κ3) is 3.68. The van der Waals surface area contributed by atoms with Gasteiger partial charge in [0.1, 0.15) is 11.9 Å². The topological polar surface area (TPSA) is 52.0 Å². The SMILES string of the molecule is CN(C)CC1(CNc2ccc(C#N)cn2)CCCC1. The van der Waals surface area contributed by atoms with Crippen molar-refractivity contribution in [3.05, 3.63) is 23.9 Å². The van der Waals surface area contributed by atoms with Crippen LogP contribution in [0.25, 0.3) is 0 Å². The van der Waals surface area contributed by atoms with Gasteiger partial charge in [-0.05, 0) is 39.1 Å². The van der Waals surface area contributed by atoms with Gasteiger partial charge < -0.3 is 10.2 Å². The highest BCUT2D eigenvalue weighted by molar-refractivity contribution is 5.39. The summed E-state index contributed by atoms with van der Waals surface area (Å²) >= 11 is 0. The molecule has 2 rings (SSSR count). The van der Waals surface area contributed by atoms with E-state index in [0.717, 1.165) is 18.9 Å². The Balaban J connectivity index is 1.96. The summed E-state index contributed by atoms with van der Waals surface area (Å²) in [4.78, 5) is 6.55. The molecule has 1 aliphatic carbocycles. The lowest BCUT2D eigenvalue weighted by molar-refractivity contribution is 0.215. The van der Waals surface area contributed by atoms with E-state index in [-0.39, 0.29) is 0 Å². The minimum absolute atomic E-state index is 0.374. The first-order valence-corrected chi connectivity index (χ1v) is 6.88. The molecule has 0 radical (unpaired) electrons. The molecular formula is C15H22N4. The second-order valence-electron chi connectivity index (χ2n) is 5.84. The summed E-state index contributed by atoms with van der Waals surface area (Å²) in [6.45, 7) is 2.08. The predicted molar refractivity (Wildman–Crippen MR) is 76.9 cm³/mol. The van der Waals surface area contributed by atoms with E-state index in [0.29, 0.717) is 11.0 Å². The summed E-state index contributed by atoms with van der Waals surface area (Å²) in [7, 11) is 4.28. The summed E-state index contributed by atoms with van der Waals surface area (Å²) in [6.07, 6.45) is 6.85. The lowest BCUT2D eigenvalue weighted by Gasteiger charge is -2.32. The van der Waals surface area contributed by atoms with Gasteiger partial charge in [0.2, 0.25) is 0 Å². The van der Waals surface area contributed by atoms with Gasteiger partial charge in [0.05, 0.1) is 5.56 Å². The minimum Gasteiger partial charge on any atom is -0.369 e. The summed E-state index contributed by atoms with van der Waals surface area (Å²) in [5.74, 6) is 0.865. The van der Waals surface area contributed by atoms with Gasteiger partial charge in [-0.3, -0.25) is 0 Å². The zero-order chi connectivity index (χ0) is 13.7. The Kier molecular flexibility index (Phi) is 4.39. The molecule has 0 amide bonds. The summed E-state index contributed by atoms with van der Waals surface area (Å²) in [5.41, 5.74) is 0.980. The highest BCUT2D eigenvalue weighted by atomic mass is 15.1. The van der Waals surface area contributed by atoms with Crippen LogP contribution in [0.3, 0.4) is 0 Å². The van der Waals surface area contributed by atoms with Gasteiger partial charge >= 0.3 is 0 Å². The molecule has 1 aliphatic rings. The zero-order valence-corrected chi connectivity index (χ0v) is 11.8. The second kappa shape index (κ2) is 6.03. The zero-order valence-electron chi connectivity index (χ0n) is 11.8. The van der Waals surface area contributed by atoms with Gasteiger partial charge in [-0.2, -0.15) is 5.26 Å². The molecule has 1 aromatic heterocycles. The molecule has 0 unspecified atom stereocenters. The van der Waals surface area contributed by atoms with Gasteiger partial charge in [-0.25, -0.2) is 4.98 Å². The summed E-state index contributed by atoms with van der Waals surface area (Å²) in [6, 6.07) is 5.78. The molecule has 1 heterocycles. The van der Waals surface area contributed by atoms with Crippen LogP contribution in [0.2, 0.25) is 0 Å². The van der Waals surface area contributed by atoms with Gasteiger partial charge in [0.15, 0.2) is 0 Å². The largest absolute Gasteiger partial charge is 0.369 e. The monoisotopic (exact) mass is 258 g/mol. The van der Waals surface area contributed by atoms with Crippen molar-refractivity contribution >= 4 is 5.82 Å². The molecule has 1 saturated carbocycles. The van der Waals surface area contributed by atoms with Crippen molar-refractivity contribution < 1.29 is 0 Å². The molecular weight excluding hydrogens is 236 g/mol. The molecule has 0 atom stereocenters. The number of aromatic nitrogens is 1. The van der Waals surface area contributed by atoms with Crippen molar-refractivity contribution in [1.29, 1.82) is 5.26 Å². The van der Waals surface area contributed by atoms with Crippen LogP contribution in [0.5, 0.6) is 0 Å². The fourth-order valence-electron chi connectivity index (χ4n) is 3.03. The molecule has 0 aliphatic heterocycles. The average Bonchev–Trinajstić information content (AvgIpc) is 2.85. The predicted octanol–water partition coefficient (Wildman–Crippen LogP) is 2.49. The number of pyridine rings is 1. The third-order valence-corrected chi connectivity index (χ3v) is 3.85. The minimum atomic E-state index is 0.374. The Bertz CT molecular complexity index is 438. The first-order valence-electron chi connectivity index (χ1n) is 6.88. The summed E-state index contributed by atoms with van der Waals surface area (Å²) < 4.78 is 0. The quantitative estimate of drug-likeness (QED) is 0.881. The molecule has 1 aromatic rings. The molecule has 4 nitrogen and oxygen atoms in total. The first kappa shape index (κ1) is 13.8. The smallest absolute Gasteiger partial charge is 0.125 e. The number of hydrogen-bond donors (Lipinski definition) is 1. The molecule has 102 valence electrons. The Morgan fingerprint density at radius 1 is 1.37 bits per heavy atom. The third-order valence-electron chi connectivity index (χ3n) is 3.85. The average molecular weight is 258 g/mol. The lowest BCUT2D eigenvalue weighted by Crippen LogP contribution is -2.37. The van der Waals surface area contributed by atoms with Crippen LogP contribution in [0.1, 0.15) is 31.2 Å². The van der Waals surface area contributed by atoms with Crippen molar-refractivity contribution in [2.75, 3.05) is 32.5 Å². The fourth-order valence-corrected chi connectivity index (χ4v) is 3.03. The van der Waals surface area contributed by atoms with Crippen molar-refractivity contribution in [2.45, 2.75) is 25.7 Å². The van der Waals surface area contributed by atoms with Gasteiger partial charge in [-0.1, -0.05) is 12.8 Å². The molecule has 1 fully saturated rings. The maximum Gasteiger partial charge on any atom is 0.125 e. The highest BCUT2D eigenvalue weighted by Crippen LogP contribution is 2.38. The van der Waals surface area contributed by atoms with Crippen molar-refractivity contribution in [1.82, 2.24) is 9.88 Å². The number of nitrogens with zero attached hydrogens (tertiary/aromatic N) is 3.